The summed E-state index contributed by atoms with van der Waals surface area (Å²) in [5.74, 6) is 0.608. The molecule has 1 aliphatic heterocycles. The fraction of sp³-hybridized carbons (Fsp3) is 0.474. The van der Waals surface area contributed by atoms with E-state index in [0.29, 0.717) is 22.3 Å². The zero-order chi connectivity index (χ0) is 19.4. The molecule has 1 aromatic carbocycles. The highest BCUT2D eigenvalue weighted by molar-refractivity contribution is 5.88. The van der Waals surface area contributed by atoms with Crippen LogP contribution in [0.1, 0.15) is 25.8 Å². The lowest BCUT2D eigenvalue weighted by Gasteiger charge is -2.35. The van der Waals surface area contributed by atoms with Gasteiger partial charge < -0.3 is 10.1 Å². The van der Waals surface area contributed by atoms with Gasteiger partial charge in [0.15, 0.2) is 0 Å². The molecule has 1 fully saturated rings. The summed E-state index contributed by atoms with van der Waals surface area (Å²) in [7, 11) is 0. The topological polar surface area (TPSA) is 104 Å². The predicted octanol–water partition coefficient (Wildman–Crippen LogP) is 2.93. The first-order valence-electron chi connectivity index (χ1n) is 9.07. The van der Waals surface area contributed by atoms with Crippen molar-refractivity contribution in [2.24, 2.45) is 0 Å². The van der Waals surface area contributed by atoms with Crippen molar-refractivity contribution < 1.29 is 9.66 Å². The van der Waals surface area contributed by atoms with Gasteiger partial charge in [0, 0.05) is 43.7 Å². The van der Waals surface area contributed by atoms with Crippen LogP contribution >= 0.6 is 0 Å². The zero-order valence-corrected chi connectivity index (χ0v) is 15.5. The largest absolute Gasteiger partial charge is 0.373 e. The van der Waals surface area contributed by atoms with Crippen LogP contribution in [0.15, 0.2) is 24.3 Å². The van der Waals surface area contributed by atoms with Gasteiger partial charge >= 0.3 is 0 Å². The van der Waals surface area contributed by atoms with E-state index in [1.807, 2.05) is 0 Å². The van der Waals surface area contributed by atoms with Crippen LogP contribution in [0.2, 0.25) is 0 Å². The van der Waals surface area contributed by atoms with Crippen LogP contribution in [0.4, 0.5) is 11.5 Å². The number of benzene rings is 1. The summed E-state index contributed by atoms with van der Waals surface area (Å²) in [6, 6.07) is 8.12. The quantitative estimate of drug-likeness (QED) is 0.474. The van der Waals surface area contributed by atoms with Gasteiger partial charge in [-0.1, -0.05) is 0 Å². The van der Waals surface area contributed by atoms with Crippen LogP contribution in [0, 0.1) is 21.4 Å². The number of nitrogens with zero attached hydrogens (tertiary/aromatic N) is 4. The molecule has 2 heterocycles. The highest BCUT2D eigenvalue weighted by Crippen LogP contribution is 2.24. The Morgan fingerprint density at radius 3 is 2.78 bits per heavy atom. The van der Waals surface area contributed by atoms with Gasteiger partial charge in [0.05, 0.1) is 34.3 Å². The molecule has 27 heavy (non-hydrogen) atoms. The van der Waals surface area contributed by atoms with Gasteiger partial charge in [0.25, 0.3) is 5.69 Å². The Kier molecular flexibility index (Phi) is 5.84. The molecule has 2 unspecified atom stereocenters. The van der Waals surface area contributed by atoms with Crippen LogP contribution in [-0.2, 0) is 4.74 Å². The smallest absolute Gasteiger partial charge is 0.270 e. The number of nitrogens with one attached hydrogen (secondary N) is 1. The summed E-state index contributed by atoms with van der Waals surface area (Å²) in [5.41, 5.74) is 0.899. The summed E-state index contributed by atoms with van der Waals surface area (Å²) >= 11 is 0. The Hall–Kier alpha value is -2.76. The van der Waals surface area contributed by atoms with Crippen molar-refractivity contribution in [3.8, 4) is 6.07 Å². The third kappa shape index (κ3) is 4.70. The van der Waals surface area contributed by atoms with Gasteiger partial charge in [-0.3, -0.25) is 15.0 Å². The number of aromatic nitrogens is 1. The molecule has 3 rings (SSSR count). The molecule has 0 saturated carbocycles. The first kappa shape index (κ1) is 19.0. The number of non-ortho nitro benzene ring substituents is 1. The number of hydrogen-bond acceptors (Lipinski definition) is 7. The number of fused-ring (bicyclic) bond motifs is 1. The second-order valence-electron chi connectivity index (χ2n) is 6.92. The van der Waals surface area contributed by atoms with Crippen LogP contribution in [0.3, 0.4) is 0 Å². The zero-order valence-electron chi connectivity index (χ0n) is 15.5. The minimum atomic E-state index is -0.472. The molecule has 1 aliphatic rings. The lowest BCUT2D eigenvalue weighted by molar-refractivity contribution is -0.384. The Morgan fingerprint density at radius 1 is 1.37 bits per heavy atom. The third-order valence-electron chi connectivity index (χ3n) is 4.58. The molecule has 0 aliphatic carbocycles. The Balaban J connectivity index is 1.63. The van der Waals surface area contributed by atoms with Gasteiger partial charge in [-0.05, 0) is 32.4 Å². The fourth-order valence-electron chi connectivity index (χ4n) is 3.50. The van der Waals surface area contributed by atoms with Gasteiger partial charge in [0.1, 0.15) is 5.82 Å². The molecule has 8 nitrogen and oxygen atoms in total. The first-order valence-corrected chi connectivity index (χ1v) is 9.07. The van der Waals surface area contributed by atoms with Gasteiger partial charge in [-0.25, -0.2) is 4.98 Å². The molecular formula is C19H23N5O3. The van der Waals surface area contributed by atoms with E-state index in [1.54, 1.807) is 12.1 Å². The molecule has 0 radical (unpaired) electrons. The second kappa shape index (κ2) is 8.29. The summed E-state index contributed by atoms with van der Waals surface area (Å²) in [4.78, 5) is 17.3. The number of morpholine rings is 1. The minimum absolute atomic E-state index is 0.0459. The summed E-state index contributed by atoms with van der Waals surface area (Å²) in [5, 5.41) is 24.1. The van der Waals surface area contributed by atoms with E-state index in [4.69, 9.17) is 4.74 Å². The lowest BCUT2D eigenvalue weighted by atomic mass is 10.1. The predicted molar refractivity (Wildman–Crippen MR) is 103 cm³/mol. The molecule has 1 saturated heterocycles. The van der Waals surface area contributed by atoms with Crippen LogP contribution in [0.25, 0.3) is 10.9 Å². The van der Waals surface area contributed by atoms with Gasteiger partial charge in [-0.2, -0.15) is 5.26 Å². The Morgan fingerprint density at radius 2 is 2.11 bits per heavy atom. The molecule has 8 heteroatoms. The van der Waals surface area contributed by atoms with Crippen LogP contribution in [0.5, 0.6) is 0 Å². The number of pyridine rings is 1. The molecule has 1 aromatic heterocycles. The Labute approximate surface area is 157 Å². The van der Waals surface area contributed by atoms with Crippen molar-refractivity contribution in [1.29, 1.82) is 5.26 Å². The number of ether oxygens (including phenoxy) is 1. The van der Waals surface area contributed by atoms with Crippen molar-refractivity contribution >= 4 is 22.4 Å². The number of nitriles is 1. The van der Waals surface area contributed by atoms with E-state index in [9.17, 15) is 15.4 Å². The van der Waals surface area contributed by atoms with E-state index in [2.05, 4.69) is 35.1 Å². The first-order chi connectivity index (χ1) is 13.0. The molecule has 0 bridgehead atoms. The summed E-state index contributed by atoms with van der Waals surface area (Å²) in [6.07, 6.45) is 1.46. The molecule has 2 aromatic rings. The van der Waals surface area contributed by atoms with Gasteiger partial charge in [-0.15, -0.1) is 0 Å². The highest BCUT2D eigenvalue weighted by Gasteiger charge is 2.21. The van der Waals surface area contributed by atoms with E-state index < -0.39 is 4.92 Å². The molecule has 2 atom stereocenters. The maximum Gasteiger partial charge on any atom is 0.270 e. The lowest BCUT2D eigenvalue weighted by Crippen LogP contribution is -2.45. The summed E-state index contributed by atoms with van der Waals surface area (Å²) in [6.45, 7) is 7.76. The minimum Gasteiger partial charge on any atom is -0.373 e. The molecule has 0 amide bonds. The normalized spacial score (nSPS) is 20.3. The molecule has 1 N–H and O–H groups in total. The maximum absolute atomic E-state index is 10.9. The molecular weight excluding hydrogens is 346 g/mol. The number of hydrogen-bond donors (Lipinski definition) is 1. The second-order valence-corrected chi connectivity index (χ2v) is 6.92. The number of anilines is 1. The van der Waals surface area contributed by atoms with Crippen molar-refractivity contribution in [2.45, 2.75) is 32.5 Å². The molecule has 142 valence electrons. The molecule has 0 spiro atoms. The van der Waals surface area contributed by atoms with E-state index in [-0.39, 0.29) is 17.9 Å². The van der Waals surface area contributed by atoms with E-state index in [0.717, 1.165) is 32.6 Å². The van der Waals surface area contributed by atoms with E-state index in [1.165, 1.54) is 12.1 Å². The number of nitro groups is 1. The Bertz CT molecular complexity index is 870. The third-order valence-corrected chi connectivity index (χ3v) is 4.58. The average Bonchev–Trinajstić information content (AvgIpc) is 2.63. The number of rotatable bonds is 6. The highest BCUT2D eigenvalue weighted by atomic mass is 16.6. The SMILES string of the molecule is CC1CN(CCCNc2cc(C#N)c3cc([N+](=O)[O-])ccc3n2)CC(C)O1. The van der Waals surface area contributed by atoms with Crippen molar-refractivity contribution in [1.82, 2.24) is 9.88 Å². The standard InChI is InChI=1S/C19H23N5O3/c1-13-11-23(12-14(2)27-13)7-3-6-21-19-8-15(10-20)17-9-16(24(25)26)4-5-18(17)22-19/h4-5,8-9,13-14H,3,6-7,11-12H2,1-2H3,(H,21,22). The monoisotopic (exact) mass is 369 g/mol. The van der Waals surface area contributed by atoms with Crippen molar-refractivity contribution in [3.63, 3.8) is 0 Å². The van der Waals surface area contributed by atoms with Crippen molar-refractivity contribution in [2.75, 3.05) is 31.5 Å². The average molecular weight is 369 g/mol. The maximum atomic E-state index is 10.9. The fourth-order valence-corrected chi connectivity index (χ4v) is 3.50. The van der Waals surface area contributed by atoms with Crippen molar-refractivity contribution in [3.05, 3.63) is 39.9 Å². The summed E-state index contributed by atoms with van der Waals surface area (Å²) < 4.78 is 5.74. The van der Waals surface area contributed by atoms with Crippen LogP contribution < -0.4 is 5.32 Å². The number of nitro benzene ring substituents is 1. The van der Waals surface area contributed by atoms with Gasteiger partial charge in [0.2, 0.25) is 0 Å². The van der Waals surface area contributed by atoms with Crippen LogP contribution in [-0.4, -0.2) is 53.2 Å². The van der Waals surface area contributed by atoms with E-state index >= 15 is 0 Å².